The van der Waals surface area contributed by atoms with Crippen molar-refractivity contribution in [2.24, 2.45) is 0 Å². The van der Waals surface area contributed by atoms with Crippen molar-refractivity contribution in [2.75, 3.05) is 32.8 Å². The molecule has 0 radical (unpaired) electrons. The number of thiazole rings is 1. The van der Waals surface area contributed by atoms with Gasteiger partial charge in [0.05, 0.1) is 35.6 Å². The number of aromatic nitrogens is 2. The minimum atomic E-state index is -0.229. The van der Waals surface area contributed by atoms with Crippen molar-refractivity contribution in [3.05, 3.63) is 87.7 Å². The van der Waals surface area contributed by atoms with Crippen LogP contribution in [0.1, 0.15) is 50.4 Å². The molecule has 2 amide bonds. The molecule has 0 aliphatic carbocycles. The normalized spacial score (nSPS) is 20.0. The lowest BCUT2D eigenvalue weighted by Gasteiger charge is -2.25. The highest BCUT2D eigenvalue weighted by Gasteiger charge is 2.38. The van der Waals surface area contributed by atoms with E-state index >= 15 is 0 Å². The van der Waals surface area contributed by atoms with Gasteiger partial charge in [-0.25, -0.2) is 9.97 Å². The molecular weight excluding hydrogens is 550 g/mol. The third-order valence-electron chi connectivity index (χ3n) is 7.80. The molecule has 1 saturated heterocycles. The fourth-order valence-corrected chi connectivity index (χ4v) is 6.67. The highest BCUT2D eigenvalue weighted by atomic mass is 32.1. The molecule has 1 fully saturated rings. The number of likely N-dealkylation sites (tertiary alicyclic amines) is 1. The van der Waals surface area contributed by atoms with Crippen LogP contribution in [0.3, 0.4) is 0 Å². The molecule has 1 N–H and O–H groups in total. The molecule has 2 atom stereocenters. The zero-order valence-corrected chi connectivity index (χ0v) is 24.7. The summed E-state index contributed by atoms with van der Waals surface area (Å²) in [6.07, 6.45) is 3.40. The molecule has 2 bridgehead atoms. The van der Waals surface area contributed by atoms with E-state index in [0.717, 1.165) is 46.1 Å². The molecule has 6 rings (SSSR count). The van der Waals surface area contributed by atoms with Crippen molar-refractivity contribution >= 4 is 23.2 Å². The SMILES string of the molecule is Cc1nc(C)c(C(=O)N2C[C@@H]3NC(=O)CN(Cc4coc(-c5ccccc5)n4)CCCCOc4cccc(c4)[C@H]3C2)s1. The number of hydrogen-bond donors (Lipinski definition) is 1. The van der Waals surface area contributed by atoms with Gasteiger partial charge in [-0.2, -0.15) is 0 Å². The summed E-state index contributed by atoms with van der Waals surface area (Å²) < 4.78 is 11.9. The van der Waals surface area contributed by atoms with E-state index in [1.807, 2.05) is 67.3 Å². The Labute approximate surface area is 249 Å². The Morgan fingerprint density at radius 3 is 2.74 bits per heavy atom. The third kappa shape index (κ3) is 6.39. The lowest BCUT2D eigenvalue weighted by atomic mass is 9.94. The first-order valence-corrected chi connectivity index (χ1v) is 15.2. The van der Waals surface area contributed by atoms with Crippen LogP contribution >= 0.6 is 11.3 Å². The molecule has 42 heavy (non-hydrogen) atoms. The number of aryl methyl sites for hydroxylation is 2. The van der Waals surface area contributed by atoms with Gasteiger partial charge in [0, 0.05) is 31.1 Å². The van der Waals surface area contributed by atoms with Gasteiger partial charge in [0.15, 0.2) is 0 Å². The van der Waals surface area contributed by atoms with E-state index in [2.05, 4.69) is 26.3 Å². The molecule has 0 saturated carbocycles. The summed E-state index contributed by atoms with van der Waals surface area (Å²) in [6, 6.07) is 17.6. The van der Waals surface area contributed by atoms with Crippen LogP contribution in [-0.2, 0) is 11.3 Å². The van der Waals surface area contributed by atoms with Crippen LogP contribution < -0.4 is 10.1 Å². The number of amides is 2. The minimum absolute atomic E-state index is 0.0351. The molecule has 0 unspecified atom stereocenters. The third-order valence-corrected chi connectivity index (χ3v) is 8.86. The maximum Gasteiger partial charge on any atom is 0.265 e. The van der Waals surface area contributed by atoms with E-state index in [1.165, 1.54) is 11.3 Å². The van der Waals surface area contributed by atoms with Crippen LogP contribution in [0.5, 0.6) is 5.75 Å². The summed E-state index contributed by atoms with van der Waals surface area (Å²) in [4.78, 5) is 40.8. The van der Waals surface area contributed by atoms with Gasteiger partial charge in [-0.05, 0) is 63.1 Å². The average molecular weight is 586 g/mol. The van der Waals surface area contributed by atoms with Crippen molar-refractivity contribution < 1.29 is 18.7 Å². The molecule has 2 aliphatic rings. The van der Waals surface area contributed by atoms with E-state index in [-0.39, 0.29) is 30.3 Å². The van der Waals surface area contributed by atoms with Crippen molar-refractivity contribution in [2.45, 2.75) is 45.2 Å². The molecule has 10 heteroatoms. The van der Waals surface area contributed by atoms with Gasteiger partial charge >= 0.3 is 0 Å². The Morgan fingerprint density at radius 2 is 1.93 bits per heavy atom. The van der Waals surface area contributed by atoms with Gasteiger partial charge in [-0.1, -0.05) is 30.3 Å². The number of nitrogens with one attached hydrogen (secondary N) is 1. The van der Waals surface area contributed by atoms with Crippen molar-refractivity contribution in [1.29, 1.82) is 0 Å². The first-order chi connectivity index (χ1) is 20.4. The van der Waals surface area contributed by atoms with Crippen LogP contribution in [0.15, 0.2) is 65.3 Å². The lowest BCUT2D eigenvalue weighted by Crippen LogP contribution is -2.45. The number of nitrogens with zero attached hydrogens (tertiary/aromatic N) is 4. The quantitative estimate of drug-likeness (QED) is 0.367. The summed E-state index contributed by atoms with van der Waals surface area (Å²) >= 11 is 1.42. The highest BCUT2D eigenvalue weighted by Crippen LogP contribution is 2.32. The number of carbonyl (C=O) groups is 2. The van der Waals surface area contributed by atoms with Crippen molar-refractivity contribution in [3.63, 3.8) is 0 Å². The summed E-state index contributed by atoms with van der Waals surface area (Å²) in [5.41, 5.74) is 3.49. The molecule has 2 aliphatic heterocycles. The largest absolute Gasteiger partial charge is 0.494 e. The van der Waals surface area contributed by atoms with Crippen LogP contribution in [0.4, 0.5) is 0 Å². The Hall–Kier alpha value is -4.02. The fourth-order valence-electron chi connectivity index (χ4n) is 5.78. The maximum absolute atomic E-state index is 13.5. The molecule has 4 heterocycles. The summed E-state index contributed by atoms with van der Waals surface area (Å²) in [5.74, 6) is 1.21. The predicted molar refractivity (Wildman–Crippen MR) is 161 cm³/mol. The fraction of sp³-hybridized carbons (Fsp3) is 0.375. The zero-order valence-electron chi connectivity index (χ0n) is 23.9. The Kier molecular flexibility index (Phi) is 8.34. The number of ether oxygens (including phenoxy) is 1. The Bertz CT molecular complexity index is 1550. The van der Waals surface area contributed by atoms with Gasteiger partial charge in [0.25, 0.3) is 5.91 Å². The standard InChI is InChI=1S/C32H35N5O4S/c1-21-30(42-22(2)33-21)32(39)37-17-27-24-11-8-12-26(15-24)40-14-7-6-13-36(19-29(38)35-28(27)18-37)16-25-20-41-31(34-25)23-9-4-3-5-10-23/h3-5,8-12,15,20,27-28H,6-7,13-14,16-19H2,1-2H3,(H,35,38)/t27-,28+/m1/s1. The number of rotatable bonds is 4. The average Bonchev–Trinajstić information content (AvgIpc) is 3.71. The van der Waals surface area contributed by atoms with Crippen LogP contribution in [0.2, 0.25) is 0 Å². The minimum Gasteiger partial charge on any atom is -0.494 e. The first-order valence-electron chi connectivity index (χ1n) is 14.4. The molecule has 2 aromatic heterocycles. The number of oxazole rings is 1. The smallest absolute Gasteiger partial charge is 0.265 e. The van der Waals surface area contributed by atoms with E-state index in [4.69, 9.17) is 9.15 Å². The Morgan fingerprint density at radius 1 is 1.07 bits per heavy atom. The topological polar surface area (TPSA) is 101 Å². The summed E-state index contributed by atoms with van der Waals surface area (Å²) in [7, 11) is 0. The highest BCUT2D eigenvalue weighted by molar-refractivity contribution is 7.13. The van der Waals surface area contributed by atoms with E-state index in [9.17, 15) is 9.59 Å². The molecule has 4 aromatic rings. The maximum atomic E-state index is 13.5. The number of benzene rings is 2. The molecule has 9 nitrogen and oxygen atoms in total. The second-order valence-electron chi connectivity index (χ2n) is 11.0. The van der Waals surface area contributed by atoms with Crippen molar-refractivity contribution in [1.82, 2.24) is 25.1 Å². The number of fused-ring (bicyclic) bond motifs is 4. The summed E-state index contributed by atoms with van der Waals surface area (Å²) in [6.45, 7) is 6.75. The van der Waals surface area contributed by atoms with Crippen LogP contribution in [0, 0.1) is 13.8 Å². The zero-order chi connectivity index (χ0) is 29.1. The lowest BCUT2D eigenvalue weighted by molar-refractivity contribution is -0.123. The van der Waals surface area contributed by atoms with Gasteiger partial charge < -0.3 is 19.4 Å². The van der Waals surface area contributed by atoms with Gasteiger partial charge in [0.2, 0.25) is 11.8 Å². The molecule has 2 aromatic carbocycles. The van der Waals surface area contributed by atoms with Gasteiger partial charge in [0.1, 0.15) is 16.9 Å². The second-order valence-corrected chi connectivity index (χ2v) is 12.2. The van der Waals surface area contributed by atoms with Crippen molar-refractivity contribution in [3.8, 4) is 17.2 Å². The van der Waals surface area contributed by atoms with Crippen LogP contribution in [0.25, 0.3) is 11.5 Å². The van der Waals surface area contributed by atoms with E-state index < -0.39 is 0 Å². The van der Waals surface area contributed by atoms with E-state index in [0.29, 0.717) is 43.6 Å². The molecule has 0 spiro atoms. The monoisotopic (exact) mass is 585 g/mol. The van der Waals surface area contributed by atoms with Gasteiger partial charge in [-0.3, -0.25) is 14.5 Å². The predicted octanol–water partition coefficient (Wildman–Crippen LogP) is 4.81. The molecular formula is C32H35N5O4S. The first kappa shape index (κ1) is 28.1. The summed E-state index contributed by atoms with van der Waals surface area (Å²) in [5, 5.41) is 4.14. The van der Waals surface area contributed by atoms with Crippen LogP contribution in [-0.4, -0.2) is 70.4 Å². The Balaban J connectivity index is 1.21. The second kappa shape index (κ2) is 12.5. The molecule has 218 valence electrons. The number of carbonyl (C=O) groups excluding carboxylic acids is 2. The van der Waals surface area contributed by atoms with E-state index in [1.54, 1.807) is 6.26 Å². The number of hydrogen-bond acceptors (Lipinski definition) is 8. The van der Waals surface area contributed by atoms with Gasteiger partial charge in [-0.15, -0.1) is 11.3 Å².